The number of benzene rings is 1. The van der Waals surface area contributed by atoms with E-state index >= 15 is 0 Å². The molecule has 0 spiro atoms. The van der Waals surface area contributed by atoms with Gasteiger partial charge in [0.1, 0.15) is 0 Å². The Kier molecular flexibility index (Phi) is 5.52. The van der Waals surface area contributed by atoms with Crippen molar-refractivity contribution in [3.8, 4) is 5.69 Å². The molecule has 0 aliphatic heterocycles. The van der Waals surface area contributed by atoms with Crippen molar-refractivity contribution in [1.29, 1.82) is 0 Å². The number of aliphatic hydroxyl groups is 1. The lowest BCUT2D eigenvalue weighted by Crippen LogP contribution is -2.35. The van der Waals surface area contributed by atoms with E-state index < -0.39 is 11.3 Å². The van der Waals surface area contributed by atoms with Crippen molar-refractivity contribution in [2.24, 2.45) is 5.92 Å². The number of halogens is 1. The van der Waals surface area contributed by atoms with Crippen LogP contribution < -0.4 is 10.7 Å². The molecule has 0 fully saturated rings. The number of carbonyl (C=O) groups excluding carboxylic acids is 1. The van der Waals surface area contributed by atoms with Crippen molar-refractivity contribution < 1.29 is 9.90 Å². The minimum atomic E-state index is -0.564. The van der Waals surface area contributed by atoms with Crippen molar-refractivity contribution in [3.05, 3.63) is 57.0 Å². The highest BCUT2D eigenvalue weighted by Gasteiger charge is 2.16. The van der Waals surface area contributed by atoms with E-state index in [-0.39, 0.29) is 24.8 Å². The topological polar surface area (TPSA) is 84.2 Å². The average molecular weight is 336 g/mol. The standard InChI is InChI=1S/C16H18ClN3O3/c1-10(9-21)8-18-16(23)15-14(22)6-11(2)20(19-15)13-5-3-4-12(17)7-13/h3-7,10,21H,8-9H2,1-2H3,(H,18,23). The Morgan fingerprint density at radius 1 is 1.43 bits per heavy atom. The average Bonchev–Trinajstić information content (AvgIpc) is 2.52. The molecule has 6 nitrogen and oxygen atoms in total. The van der Waals surface area contributed by atoms with Gasteiger partial charge in [0.2, 0.25) is 5.43 Å². The van der Waals surface area contributed by atoms with E-state index in [0.717, 1.165) is 0 Å². The predicted octanol–water partition coefficient (Wildman–Crippen LogP) is 1.55. The molecule has 1 amide bonds. The minimum absolute atomic E-state index is 0.0473. The fraction of sp³-hybridized carbons (Fsp3) is 0.312. The molecule has 2 N–H and O–H groups in total. The molecule has 0 bridgehead atoms. The van der Waals surface area contributed by atoms with Crippen molar-refractivity contribution in [2.45, 2.75) is 13.8 Å². The molecule has 0 radical (unpaired) electrons. The van der Waals surface area contributed by atoms with E-state index in [4.69, 9.17) is 16.7 Å². The fourth-order valence-corrected chi connectivity index (χ4v) is 2.17. The molecule has 0 aliphatic rings. The van der Waals surface area contributed by atoms with Crippen molar-refractivity contribution in [3.63, 3.8) is 0 Å². The number of nitrogens with one attached hydrogen (secondary N) is 1. The van der Waals surface area contributed by atoms with Crippen molar-refractivity contribution >= 4 is 17.5 Å². The largest absolute Gasteiger partial charge is 0.396 e. The molecule has 23 heavy (non-hydrogen) atoms. The third kappa shape index (κ3) is 4.18. The van der Waals surface area contributed by atoms with Crippen LogP contribution in [0.25, 0.3) is 5.69 Å². The van der Waals surface area contributed by atoms with Gasteiger partial charge < -0.3 is 10.4 Å². The second kappa shape index (κ2) is 7.39. The van der Waals surface area contributed by atoms with Gasteiger partial charge in [-0.2, -0.15) is 5.10 Å². The number of nitrogens with zero attached hydrogens (tertiary/aromatic N) is 2. The lowest BCUT2D eigenvalue weighted by molar-refractivity contribution is 0.0934. The van der Waals surface area contributed by atoms with Gasteiger partial charge in [0.15, 0.2) is 5.69 Å². The van der Waals surface area contributed by atoms with Crippen LogP contribution in [0.15, 0.2) is 35.1 Å². The highest BCUT2D eigenvalue weighted by molar-refractivity contribution is 6.30. The van der Waals surface area contributed by atoms with Crippen LogP contribution in [0.1, 0.15) is 23.1 Å². The molecule has 0 saturated carbocycles. The number of hydrogen-bond acceptors (Lipinski definition) is 4. The zero-order valence-corrected chi connectivity index (χ0v) is 13.7. The van der Waals surface area contributed by atoms with Gasteiger partial charge in [0.05, 0.1) is 5.69 Å². The molecule has 7 heteroatoms. The predicted molar refractivity (Wildman–Crippen MR) is 88.2 cm³/mol. The van der Waals surface area contributed by atoms with Gasteiger partial charge in [-0.25, -0.2) is 4.68 Å². The molecule has 1 aromatic heterocycles. The number of rotatable bonds is 5. The summed E-state index contributed by atoms with van der Waals surface area (Å²) in [5, 5.41) is 16.3. The molecule has 1 heterocycles. The summed E-state index contributed by atoms with van der Waals surface area (Å²) < 4.78 is 1.50. The maximum Gasteiger partial charge on any atom is 0.275 e. The molecule has 0 saturated heterocycles. The lowest BCUT2D eigenvalue weighted by atomic mass is 10.2. The summed E-state index contributed by atoms with van der Waals surface area (Å²) in [4.78, 5) is 24.2. The summed E-state index contributed by atoms with van der Waals surface area (Å²) in [5.41, 5.74) is 0.612. The highest BCUT2D eigenvalue weighted by atomic mass is 35.5. The van der Waals surface area contributed by atoms with Gasteiger partial charge >= 0.3 is 0 Å². The number of aromatic nitrogens is 2. The smallest absolute Gasteiger partial charge is 0.275 e. The van der Waals surface area contributed by atoms with Gasteiger partial charge in [0.25, 0.3) is 5.91 Å². The van der Waals surface area contributed by atoms with Crippen LogP contribution in [0, 0.1) is 12.8 Å². The second-order valence-corrected chi connectivity index (χ2v) is 5.82. The van der Waals surface area contributed by atoms with Crippen LogP contribution in [0.3, 0.4) is 0 Å². The molecule has 122 valence electrons. The van der Waals surface area contributed by atoms with Gasteiger partial charge in [-0.3, -0.25) is 9.59 Å². The van der Waals surface area contributed by atoms with Gasteiger partial charge in [-0.05, 0) is 31.0 Å². The van der Waals surface area contributed by atoms with Crippen molar-refractivity contribution in [2.75, 3.05) is 13.2 Å². The van der Waals surface area contributed by atoms with E-state index in [9.17, 15) is 9.59 Å². The Morgan fingerprint density at radius 3 is 2.83 bits per heavy atom. The summed E-state index contributed by atoms with van der Waals surface area (Å²) in [6.45, 7) is 3.73. The van der Waals surface area contributed by atoms with Gasteiger partial charge in [0, 0.05) is 29.9 Å². The summed E-state index contributed by atoms with van der Waals surface area (Å²) >= 11 is 5.98. The minimum Gasteiger partial charge on any atom is -0.396 e. The third-order valence-corrected chi connectivity index (χ3v) is 3.53. The maximum atomic E-state index is 12.2. The number of amides is 1. The fourth-order valence-electron chi connectivity index (χ4n) is 1.99. The number of aryl methyl sites for hydroxylation is 1. The molecular weight excluding hydrogens is 318 g/mol. The molecule has 2 aromatic rings. The van der Waals surface area contributed by atoms with Gasteiger partial charge in [-0.15, -0.1) is 0 Å². The summed E-state index contributed by atoms with van der Waals surface area (Å²) in [6, 6.07) is 8.33. The molecule has 1 unspecified atom stereocenters. The van der Waals surface area contributed by atoms with E-state index in [1.165, 1.54) is 10.7 Å². The Morgan fingerprint density at radius 2 is 2.17 bits per heavy atom. The number of carbonyl (C=O) groups is 1. The van der Waals surface area contributed by atoms with Crippen LogP contribution in [0.4, 0.5) is 0 Å². The first kappa shape index (κ1) is 17.2. The van der Waals surface area contributed by atoms with Crippen LogP contribution >= 0.6 is 11.6 Å². The third-order valence-electron chi connectivity index (χ3n) is 3.30. The zero-order valence-electron chi connectivity index (χ0n) is 12.9. The van der Waals surface area contributed by atoms with Crippen LogP contribution in [0.2, 0.25) is 5.02 Å². The molecule has 2 rings (SSSR count). The lowest BCUT2D eigenvalue weighted by Gasteiger charge is -2.12. The molecule has 0 aliphatic carbocycles. The van der Waals surface area contributed by atoms with E-state index in [0.29, 0.717) is 16.4 Å². The normalized spacial score (nSPS) is 12.0. The maximum absolute atomic E-state index is 12.2. The summed E-state index contributed by atoms with van der Waals surface area (Å²) in [5.74, 6) is -0.661. The first-order valence-electron chi connectivity index (χ1n) is 7.18. The Hall–Kier alpha value is -2.18. The van der Waals surface area contributed by atoms with Crippen LogP contribution in [0.5, 0.6) is 0 Å². The van der Waals surface area contributed by atoms with E-state index in [2.05, 4.69) is 10.4 Å². The highest BCUT2D eigenvalue weighted by Crippen LogP contribution is 2.15. The van der Waals surface area contributed by atoms with Crippen LogP contribution in [-0.4, -0.2) is 33.9 Å². The SMILES string of the molecule is Cc1cc(=O)c(C(=O)NCC(C)CO)nn1-c1cccc(Cl)c1. The Labute approximate surface area is 138 Å². The number of hydrogen-bond donors (Lipinski definition) is 2. The monoisotopic (exact) mass is 335 g/mol. The first-order chi connectivity index (χ1) is 10.9. The molecule has 1 atom stereocenters. The molecule has 1 aromatic carbocycles. The summed E-state index contributed by atoms with van der Waals surface area (Å²) in [6.07, 6.45) is 0. The van der Waals surface area contributed by atoms with E-state index in [1.54, 1.807) is 38.1 Å². The Bertz CT molecular complexity index is 773. The van der Waals surface area contributed by atoms with Gasteiger partial charge in [-0.1, -0.05) is 24.6 Å². The second-order valence-electron chi connectivity index (χ2n) is 5.39. The number of aliphatic hydroxyl groups excluding tert-OH is 1. The van der Waals surface area contributed by atoms with Crippen molar-refractivity contribution in [1.82, 2.24) is 15.1 Å². The zero-order chi connectivity index (χ0) is 17.0. The summed E-state index contributed by atoms with van der Waals surface area (Å²) in [7, 11) is 0. The van der Waals surface area contributed by atoms with Crippen LogP contribution in [-0.2, 0) is 0 Å². The quantitative estimate of drug-likeness (QED) is 0.868. The molecular formula is C16H18ClN3O3. The Balaban J connectivity index is 2.37. The first-order valence-corrected chi connectivity index (χ1v) is 7.56. The van der Waals surface area contributed by atoms with E-state index in [1.807, 2.05) is 0 Å².